The van der Waals surface area contributed by atoms with Gasteiger partial charge in [0.15, 0.2) is 0 Å². The highest BCUT2D eigenvalue weighted by molar-refractivity contribution is 5.73. The Bertz CT molecular complexity index is 827. The molecule has 2 fully saturated rings. The number of carboxylic acid groups (broad SMARTS) is 1. The number of aromatic nitrogens is 2. The molecular formula is C20H23F4N3O3. The normalized spacial score (nSPS) is 24.5. The molecule has 0 amide bonds. The Kier molecular flexibility index (Phi) is 6.77. The summed E-state index contributed by atoms with van der Waals surface area (Å²) in [5, 5.41) is 7.12. The van der Waals surface area contributed by atoms with Crippen LogP contribution in [0.15, 0.2) is 43.0 Å². The van der Waals surface area contributed by atoms with E-state index in [1.807, 2.05) is 30.9 Å². The first-order chi connectivity index (χ1) is 14.2. The maximum atomic E-state index is 13.0. The first kappa shape index (κ1) is 22.2. The van der Waals surface area contributed by atoms with E-state index >= 15 is 0 Å². The number of hydrogen-bond donors (Lipinski definition) is 1. The molecule has 0 aliphatic carbocycles. The van der Waals surface area contributed by atoms with Gasteiger partial charge in [-0.3, -0.25) is 4.90 Å². The number of alkyl halides is 3. The van der Waals surface area contributed by atoms with E-state index in [9.17, 15) is 17.6 Å². The lowest BCUT2D eigenvalue weighted by Gasteiger charge is -2.39. The van der Waals surface area contributed by atoms with Crippen molar-refractivity contribution < 1.29 is 32.2 Å². The molecule has 2 saturated heterocycles. The van der Waals surface area contributed by atoms with Gasteiger partial charge in [0.25, 0.3) is 0 Å². The molecule has 30 heavy (non-hydrogen) atoms. The van der Waals surface area contributed by atoms with E-state index in [2.05, 4.69) is 14.5 Å². The molecule has 1 aromatic heterocycles. The number of aliphatic carboxylic acids is 1. The number of hydrogen-bond acceptors (Lipinski definition) is 4. The molecule has 164 valence electrons. The zero-order valence-electron chi connectivity index (χ0n) is 16.2. The summed E-state index contributed by atoms with van der Waals surface area (Å²) in [5.74, 6) is -2.93. The topological polar surface area (TPSA) is 67.6 Å². The third-order valence-corrected chi connectivity index (χ3v) is 5.32. The highest BCUT2D eigenvalue weighted by Gasteiger charge is 2.43. The average Bonchev–Trinajstić information content (AvgIpc) is 3.34. The number of halogens is 4. The van der Waals surface area contributed by atoms with Crippen LogP contribution >= 0.6 is 0 Å². The van der Waals surface area contributed by atoms with Gasteiger partial charge in [0.1, 0.15) is 5.82 Å². The molecule has 1 N–H and O–H groups in total. The summed E-state index contributed by atoms with van der Waals surface area (Å²) in [5.41, 5.74) is 1.13. The standard InChI is InChI=1S/C18H22FN3O.C2HF3O2/c19-16-4-2-15(3-5-16)11-21-8-1-6-18(13-21)10-17(12-23-18)22-9-7-20-14-22;3-2(4,5)1(6)7/h2-5,7,9,14,17H,1,6,8,10-13H2;(H,6,7). The average molecular weight is 429 g/mol. The van der Waals surface area contributed by atoms with E-state index in [-0.39, 0.29) is 11.4 Å². The molecule has 6 nitrogen and oxygen atoms in total. The van der Waals surface area contributed by atoms with Crippen molar-refractivity contribution in [2.75, 3.05) is 19.7 Å². The van der Waals surface area contributed by atoms with Gasteiger partial charge in [0.2, 0.25) is 0 Å². The second-order valence-electron chi connectivity index (χ2n) is 7.61. The Morgan fingerprint density at radius 1 is 1.30 bits per heavy atom. The lowest BCUT2D eigenvalue weighted by atomic mass is 9.88. The van der Waals surface area contributed by atoms with Crippen LogP contribution in [0.2, 0.25) is 0 Å². The number of rotatable bonds is 3. The van der Waals surface area contributed by atoms with Crippen LogP contribution in [0.1, 0.15) is 30.9 Å². The molecule has 1 spiro atoms. The number of nitrogens with zero attached hydrogens (tertiary/aromatic N) is 3. The Morgan fingerprint density at radius 3 is 2.60 bits per heavy atom. The van der Waals surface area contributed by atoms with E-state index in [1.54, 1.807) is 0 Å². The van der Waals surface area contributed by atoms with Crippen LogP contribution in [0.5, 0.6) is 0 Å². The Hall–Kier alpha value is -2.46. The van der Waals surface area contributed by atoms with Crippen molar-refractivity contribution in [3.8, 4) is 0 Å². The van der Waals surface area contributed by atoms with Crippen molar-refractivity contribution in [1.82, 2.24) is 14.5 Å². The smallest absolute Gasteiger partial charge is 0.475 e. The molecule has 0 radical (unpaired) electrons. The minimum absolute atomic E-state index is 0.0345. The second-order valence-corrected chi connectivity index (χ2v) is 7.61. The summed E-state index contributed by atoms with van der Waals surface area (Å²) in [4.78, 5) is 15.5. The van der Waals surface area contributed by atoms with Gasteiger partial charge in [-0.05, 0) is 37.1 Å². The predicted octanol–water partition coefficient (Wildman–Crippen LogP) is 3.65. The lowest BCUT2D eigenvalue weighted by Crippen LogP contribution is -2.47. The third-order valence-electron chi connectivity index (χ3n) is 5.32. The number of piperidine rings is 1. The highest BCUT2D eigenvalue weighted by atomic mass is 19.4. The quantitative estimate of drug-likeness (QED) is 0.755. The van der Waals surface area contributed by atoms with Gasteiger partial charge in [-0.15, -0.1) is 0 Å². The van der Waals surface area contributed by atoms with Gasteiger partial charge in [-0.25, -0.2) is 14.2 Å². The van der Waals surface area contributed by atoms with Crippen LogP contribution < -0.4 is 0 Å². The number of ether oxygens (including phenoxy) is 1. The van der Waals surface area contributed by atoms with Gasteiger partial charge in [-0.2, -0.15) is 13.2 Å². The van der Waals surface area contributed by atoms with Gasteiger partial charge in [0.05, 0.1) is 24.6 Å². The van der Waals surface area contributed by atoms with Crippen molar-refractivity contribution >= 4 is 5.97 Å². The van der Waals surface area contributed by atoms with Gasteiger partial charge in [-0.1, -0.05) is 12.1 Å². The number of carboxylic acids is 1. The minimum atomic E-state index is -5.08. The van der Waals surface area contributed by atoms with Gasteiger partial charge < -0.3 is 14.4 Å². The third kappa shape index (κ3) is 5.79. The molecule has 2 atom stereocenters. The molecule has 0 bridgehead atoms. The van der Waals surface area contributed by atoms with E-state index in [4.69, 9.17) is 14.6 Å². The fraction of sp³-hybridized carbons (Fsp3) is 0.500. The van der Waals surface area contributed by atoms with Crippen molar-refractivity contribution in [3.63, 3.8) is 0 Å². The molecule has 2 aliphatic rings. The number of carbonyl (C=O) groups is 1. The summed E-state index contributed by atoms with van der Waals surface area (Å²) in [6.45, 7) is 3.66. The van der Waals surface area contributed by atoms with Crippen molar-refractivity contribution in [2.45, 2.75) is 43.6 Å². The Balaban J connectivity index is 0.000000318. The predicted molar refractivity (Wildman–Crippen MR) is 99.2 cm³/mol. The summed E-state index contributed by atoms with van der Waals surface area (Å²) >= 11 is 0. The molecule has 10 heteroatoms. The van der Waals surface area contributed by atoms with Crippen LogP contribution in [-0.2, 0) is 16.1 Å². The zero-order chi connectivity index (χ0) is 21.8. The maximum absolute atomic E-state index is 13.0. The number of benzene rings is 1. The van der Waals surface area contributed by atoms with Crippen LogP contribution in [0.3, 0.4) is 0 Å². The maximum Gasteiger partial charge on any atom is 0.490 e. The van der Waals surface area contributed by atoms with Crippen LogP contribution in [0.4, 0.5) is 17.6 Å². The molecular weight excluding hydrogens is 406 g/mol. The van der Waals surface area contributed by atoms with Crippen LogP contribution in [0.25, 0.3) is 0 Å². The summed E-state index contributed by atoms with van der Waals surface area (Å²) in [7, 11) is 0. The molecule has 2 unspecified atom stereocenters. The molecule has 4 rings (SSSR count). The summed E-state index contributed by atoms with van der Waals surface area (Å²) < 4.78 is 53.2. The van der Waals surface area contributed by atoms with Crippen LogP contribution in [-0.4, -0.2) is 57.0 Å². The first-order valence-electron chi connectivity index (χ1n) is 9.55. The van der Waals surface area contributed by atoms with Crippen molar-refractivity contribution in [3.05, 3.63) is 54.4 Å². The largest absolute Gasteiger partial charge is 0.490 e. The van der Waals surface area contributed by atoms with E-state index in [0.717, 1.165) is 51.1 Å². The second kappa shape index (κ2) is 9.13. The monoisotopic (exact) mass is 429 g/mol. The van der Waals surface area contributed by atoms with Crippen molar-refractivity contribution in [1.29, 1.82) is 0 Å². The van der Waals surface area contributed by atoms with Crippen molar-refractivity contribution in [2.24, 2.45) is 0 Å². The SMILES string of the molecule is Fc1ccc(CN2CCCC3(CC(n4ccnc4)CO3)C2)cc1.O=C(O)C(F)(F)F. The van der Waals surface area contributed by atoms with E-state index in [0.29, 0.717) is 6.04 Å². The molecule has 3 heterocycles. The molecule has 2 aromatic rings. The molecule has 2 aliphatic heterocycles. The van der Waals surface area contributed by atoms with Crippen LogP contribution in [0, 0.1) is 5.82 Å². The number of likely N-dealkylation sites (tertiary alicyclic amines) is 1. The number of imidazole rings is 1. The van der Waals surface area contributed by atoms with Gasteiger partial charge in [0, 0.05) is 31.9 Å². The highest BCUT2D eigenvalue weighted by Crippen LogP contribution is 2.39. The molecule has 0 saturated carbocycles. The fourth-order valence-electron chi connectivity index (χ4n) is 3.95. The lowest BCUT2D eigenvalue weighted by molar-refractivity contribution is -0.192. The van der Waals surface area contributed by atoms with Gasteiger partial charge >= 0.3 is 12.1 Å². The summed E-state index contributed by atoms with van der Waals surface area (Å²) in [6, 6.07) is 7.22. The van der Waals surface area contributed by atoms with E-state index < -0.39 is 12.1 Å². The first-order valence-corrected chi connectivity index (χ1v) is 9.55. The Morgan fingerprint density at radius 2 is 2.00 bits per heavy atom. The minimum Gasteiger partial charge on any atom is -0.475 e. The van der Waals surface area contributed by atoms with E-state index in [1.165, 1.54) is 12.1 Å². The summed E-state index contributed by atoms with van der Waals surface area (Å²) in [6.07, 6.45) is 3.96. The zero-order valence-corrected chi connectivity index (χ0v) is 16.2. The fourth-order valence-corrected chi connectivity index (χ4v) is 3.95. The Labute approximate surface area is 171 Å². The molecule has 1 aromatic carbocycles.